The highest BCUT2D eigenvalue weighted by molar-refractivity contribution is 5.97. The summed E-state index contributed by atoms with van der Waals surface area (Å²) in [6.45, 7) is 0.197. The van der Waals surface area contributed by atoms with E-state index in [0.717, 1.165) is 18.6 Å². The molecular formula is C19H17F3N2O3. The average molecular weight is 378 g/mol. The number of anilines is 2. The van der Waals surface area contributed by atoms with Gasteiger partial charge in [-0.3, -0.25) is 9.59 Å². The topological polar surface area (TPSA) is 58.6 Å². The van der Waals surface area contributed by atoms with E-state index in [0.29, 0.717) is 24.3 Å². The number of benzene rings is 2. The number of amides is 2. The van der Waals surface area contributed by atoms with Gasteiger partial charge in [0.05, 0.1) is 5.56 Å². The molecule has 5 nitrogen and oxygen atoms in total. The van der Waals surface area contributed by atoms with Crippen LogP contribution in [0.25, 0.3) is 0 Å². The van der Waals surface area contributed by atoms with E-state index < -0.39 is 24.3 Å². The van der Waals surface area contributed by atoms with E-state index in [1.54, 1.807) is 29.2 Å². The van der Waals surface area contributed by atoms with Gasteiger partial charge in [0.15, 0.2) is 6.61 Å². The molecule has 0 bridgehead atoms. The molecule has 3 rings (SSSR count). The minimum Gasteiger partial charge on any atom is -0.484 e. The molecule has 2 aromatic rings. The quantitative estimate of drug-likeness (QED) is 0.860. The molecule has 1 saturated heterocycles. The summed E-state index contributed by atoms with van der Waals surface area (Å²) in [5.74, 6) is -0.528. The molecule has 0 aromatic heterocycles. The zero-order chi connectivity index (χ0) is 19.4. The second-order valence-electron chi connectivity index (χ2n) is 6.06. The number of carbonyl (C=O) groups is 2. The zero-order valence-corrected chi connectivity index (χ0v) is 14.3. The van der Waals surface area contributed by atoms with E-state index in [2.05, 4.69) is 5.32 Å². The van der Waals surface area contributed by atoms with Crippen LogP contribution in [0.4, 0.5) is 24.5 Å². The molecule has 0 spiro atoms. The molecule has 2 amide bonds. The number of ether oxygens (including phenoxy) is 1. The van der Waals surface area contributed by atoms with E-state index in [9.17, 15) is 22.8 Å². The van der Waals surface area contributed by atoms with Gasteiger partial charge in [-0.25, -0.2) is 0 Å². The molecule has 2 aromatic carbocycles. The lowest BCUT2D eigenvalue weighted by atomic mass is 10.2. The van der Waals surface area contributed by atoms with Crippen molar-refractivity contribution < 1.29 is 27.5 Å². The largest absolute Gasteiger partial charge is 0.484 e. The van der Waals surface area contributed by atoms with Gasteiger partial charge in [0.25, 0.3) is 5.91 Å². The lowest BCUT2D eigenvalue weighted by molar-refractivity contribution is -0.137. The van der Waals surface area contributed by atoms with Gasteiger partial charge in [-0.15, -0.1) is 0 Å². The minimum absolute atomic E-state index is 0.0337. The van der Waals surface area contributed by atoms with Gasteiger partial charge in [-0.2, -0.15) is 13.2 Å². The number of nitrogens with one attached hydrogen (secondary N) is 1. The Balaban J connectivity index is 1.59. The normalized spacial score (nSPS) is 14.3. The lowest BCUT2D eigenvalue weighted by Gasteiger charge is -2.17. The van der Waals surface area contributed by atoms with Gasteiger partial charge in [0.2, 0.25) is 5.91 Å². The molecule has 1 heterocycles. The average Bonchev–Trinajstić information content (AvgIpc) is 3.06. The molecule has 0 radical (unpaired) electrons. The maximum atomic E-state index is 12.7. The molecule has 0 atom stereocenters. The predicted molar refractivity (Wildman–Crippen MR) is 93.6 cm³/mol. The van der Waals surface area contributed by atoms with Crippen LogP contribution in [-0.2, 0) is 15.8 Å². The Morgan fingerprint density at radius 3 is 2.63 bits per heavy atom. The molecule has 0 unspecified atom stereocenters. The first-order valence-corrected chi connectivity index (χ1v) is 8.33. The zero-order valence-electron chi connectivity index (χ0n) is 14.3. The standard InChI is InChI=1S/C19H17F3N2O3/c20-19(21,22)13-4-1-7-16(10-13)27-12-17(25)23-14-5-2-6-15(11-14)24-9-3-8-18(24)26/h1-2,4-7,10-11H,3,8-9,12H2,(H,23,25). The molecule has 1 aliphatic rings. The first-order chi connectivity index (χ1) is 12.8. The van der Waals surface area contributed by atoms with Crippen molar-refractivity contribution in [2.75, 3.05) is 23.4 Å². The molecule has 142 valence electrons. The Kier molecular flexibility index (Phi) is 5.34. The number of rotatable bonds is 5. The summed E-state index contributed by atoms with van der Waals surface area (Å²) in [5.41, 5.74) is 0.322. The Labute approximate surface area is 153 Å². The summed E-state index contributed by atoms with van der Waals surface area (Å²) in [6, 6.07) is 11.2. The fourth-order valence-corrected chi connectivity index (χ4v) is 2.78. The minimum atomic E-state index is -4.48. The fraction of sp³-hybridized carbons (Fsp3) is 0.263. The van der Waals surface area contributed by atoms with E-state index in [4.69, 9.17) is 4.74 Å². The molecule has 0 saturated carbocycles. The highest BCUT2D eigenvalue weighted by atomic mass is 19.4. The third-order valence-electron chi connectivity index (χ3n) is 4.05. The summed E-state index contributed by atoms with van der Waals surface area (Å²) >= 11 is 0. The fourth-order valence-electron chi connectivity index (χ4n) is 2.78. The molecule has 8 heteroatoms. The number of carbonyl (C=O) groups excluding carboxylic acids is 2. The summed E-state index contributed by atoms with van der Waals surface area (Å²) in [5, 5.41) is 2.61. The van der Waals surface area contributed by atoms with Crippen molar-refractivity contribution in [3.63, 3.8) is 0 Å². The van der Waals surface area contributed by atoms with Crippen LogP contribution in [0.15, 0.2) is 48.5 Å². The van der Waals surface area contributed by atoms with Crippen molar-refractivity contribution in [2.45, 2.75) is 19.0 Å². The van der Waals surface area contributed by atoms with E-state index in [1.807, 2.05) is 0 Å². The van der Waals surface area contributed by atoms with E-state index in [1.165, 1.54) is 12.1 Å². The summed E-state index contributed by atoms with van der Waals surface area (Å²) in [6.07, 6.45) is -3.18. The maximum absolute atomic E-state index is 12.7. The second kappa shape index (κ2) is 7.69. The molecule has 1 fully saturated rings. The van der Waals surface area contributed by atoms with Gasteiger partial charge >= 0.3 is 6.18 Å². The van der Waals surface area contributed by atoms with Gasteiger partial charge in [0.1, 0.15) is 5.75 Å². The number of nitrogens with zero attached hydrogens (tertiary/aromatic N) is 1. The maximum Gasteiger partial charge on any atom is 0.416 e. The molecule has 27 heavy (non-hydrogen) atoms. The van der Waals surface area contributed by atoms with Gasteiger partial charge in [0, 0.05) is 24.3 Å². The van der Waals surface area contributed by atoms with Gasteiger partial charge in [-0.05, 0) is 42.8 Å². The highest BCUT2D eigenvalue weighted by Crippen LogP contribution is 2.31. The Morgan fingerprint density at radius 1 is 1.15 bits per heavy atom. The van der Waals surface area contributed by atoms with Crippen molar-refractivity contribution >= 4 is 23.2 Å². The van der Waals surface area contributed by atoms with Crippen LogP contribution in [-0.4, -0.2) is 25.0 Å². The molecule has 0 aliphatic carbocycles. The number of alkyl halides is 3. The van der Waals surface area contributed by atoms with Crippen LogP contribution >= 0.6 is 0 Å². The predicted octanol–water partition coefficient (Wildman–Crippen LogP) is 3.85. The first-order valence-electron chi connectivity index (χ1n) is 8.33. The highest BCUT2D eigenvalue weighted by Gasteiger charge is 2.30. The summed E-state index contributed by atoms with van der Waals surface area (Å²) < 4.78 is 43.2. The summed E-state index contributed by atoms with van der Waals surface area (Å²) in [7, 11) is 0. The number of halogens is 3. The number of hydrogen-bond acceptors (Lipinski definition) is 3. The van der Waals surface area contributed by atoms with Gasteiger partial charge in [-0.1, -0.05) is 12.1 Å². The van der Waals surface area contributed by atoms with Crippen molar-refractivity contribution in [1.82, 2.24) is 0 Å². The van der Waals surface area contributed by atoms with Crippen molar-refractivity contribution in [2.24, 2.45) is 0 Å². The lowest BCUT2D eigenvalue weighted by Crippen LogP contribution is -2.24. The molecule has 1 aliphatic heterocycles. The Bertz CT molecular complexity index is 852. The van der Waals surface area contributed by atoms with E-state index in [-0.39, 0.29) is 11.7 Å². The van der Waals surface area contributed by atoms with Crippen LogP contribution in [0.1, 0.15) is 18.4 Å². The molecule has 1 N–H and O–H groups in total. The van der Waals surface area contributed by atoms with Crippen LogP contribution in [0.3, 0.4) is 0 Å². The van der Waals surface area contributed by atoms with Crippen LogP contribution in [0.5, 0.6) is 5.75 Å². The third kappa shape index (κ3) is 4.78. The molecular weight excluding hydrogens is 361 g/mol. The van der Waals surface area contributed by atoms with Crippen molar-refractivity contribution in [3.05, 3.63) is 54.1 Å². The van der Waals surface area contributed by atoms with Crippen molar-refractivity contribution in [1.29, 1.82) is 0 Å². The van der Waals surface area contributed by atoms with Gasteiger partial charge < -0.3 is 15.0 Å². The van der Waals surface area contributed by atoms with Crippen LogP contribution in [0.2, 0.25) is 0 Å². The van der Waals surface area contributed by atoms with E-state index >= 15 is 0 Å². The number of hydrogen-bond donors (Lipinski definition) is 1. The SMILES string of the molecule is O=C(COc1cccc(C(F)(F)F)c1)Nc1cccc(N2CCCC2=O)c1. The third-order valence-corrected chi connectivity index (χ3v) is 4.05. The van der Waals surface area contributed by atoms with Crippen LogP contribution < -0.4 is 15.0 Å². The Morgan fingerprint density at radius 2 is 1.93 bits per heavy atom. The Hall–Kier alpha value is -3.03. The van der Waals surface area contributed by atoms with Crippen molar-refractivity contribution in [3.8, 4) is 5.75 Å². The van der Waals surface area contributed by atoms with Crippen LogP contribution in [0, 0.1) is 0 Å². The first kappa shape index (κ1) is 18.8. The second-order valence-corrected chi connectivity index (χ2v) is 6.06. The monoisotopic (exact) mass is 378 g/mol. The smallest absolute Gasteiger partial charge is 0.416 e. The summed E-state index contributed by atoms with van der Waals surface area (Å²) in [4.78, 5) is 25.5.